The molecule has 5 heteroatoms. The molecule has 23 heavy (non-hydrogen) atoms. The fourth-order valence-corrected chi connectivity index (χ4v) is 4.04. The van der Waals surface area contributed by atoms with Crippen LogP contribution in [0.15, 0.2) is 0 Å². The Labute approximate surface area is 139 Å². The van der Waals surface area contributed by atoms with E-state index in [0.29, 0.717) is 12.5 Å². The van der Waals surface area contributed by atoms with E-state index in [9.17, 15) is 14.7 Å². The van der Waals surface area contributed by atoms with Crippen molar-refractivity contribution in [3.05, 3.63) is 0 Å². The summed E-state index contributed by atoms with van der Waals surface area (Å²) in [5, 5.41) is 9.20. The zero-order valence-electron chi connectivity index (χ0n) is 14.5. The van der Waals surface area contributed by atoms with E-state index in [4.69, 9.17) is 4.74 Å². The molecule has 0 bridgehead atoms. The number of rotatable bonds is 6. The van der Waals surface area contributed by atoms with Crippen molar-refractivity contribution >= 4 is 11.9 Å². The highest BCUT2D eigenvalue weighted by atomic mass is 16.5. The monoisotopic (exact) mass is 325 g/mol. The van der Waals surface area contributed by atoms with E-state index in [1.807, 2.05) is 6.92 Å². The lowest BCUT2D eigenvalue weighted by atomic mass is 9.81. The summed E-state index contributed by atoms with van der Waals surface area (Å²) in [7, 11) is 0. The van der Waals surface area contributed by atoms with E-state index in [1.165, 1.54) is 32.1 Å². The first-order valence-electron chi connectivity index (χ1n) is 9.18. The average molecular weight is 325 g/mol. The van der Waals surface area contributed by atoms with E-state index in [1.54, 1.807) is 4.90 Å². The molecule has 0 radical (unpaired) electrons. The molecule has 1 aliphatic carbocycles. The zero-order chi connectivity index (χ0) is 16.8. The summed E-state index contributed by atoms with van der Waals surface area (Å²) in [6.07, 6.45) is 8.13. The van der Waals surface area contributed by atoms with Crippen molar-refractivity contribution in [1.82, 2.24) is 4.90 Å². The zero-order valence-corrected chi connectivity index (χ0v) is 14.5. The van der Waals surface area contributed by atoms with Crippen LogP contribution in [0.25, 0.3) is 0 Å². The molecule has 0 spiro atoms. The fourth-order valence-electron chi connectivity index (χ4n) is 4.04. The predicted molar refractivity (Wildman–Crippen MR) is 88.1 cm³/mol. The molecule has 2 rings (SSSR count). The first-order valence-corrected chi connectivity index (χ1v) is 9.18. The lowest BCUT2D eigenvalue weighted by molar-refractivity contribution is -0.168. The maximum Gasteiger partial charge on any atom is 0.334 e. The van der Waals surface area contributed by atoms with E-state index in [-0.39, 0.29) is 24.5 Å². The minimum absolute atomic E-state index is 0.0443. The Morgan fingerprint density at radius 3 is 2.52 bits per heavy atom. The van der Waals surface area contributed by atoms with Crippen LogP contribution in [0.5, 0.6) is 0 Å². The van der Waals surface area contributed by atoms with E-state index in [0.717, 1.165) is 19.3 Å². The molecule has 1 heterocycles. The maximum atomic E-state index is 13.0. The molecule has 1 saturated carbocycles. The van der Waals surface area contributed by atoms with Crippen LogP contribution < -0.4 is 0 Å². The largest absolute Gasteiger partial charge is 0.479 e. The normalized spacial score (nSPS) is 27.7. The molecule has 1 saturated heterocycles. The predicted octanol–water partition coefficient (Wildman–Crippen LogP) is 3.07. The molecule has 1 amide bonds. The lowest BCUT2D eigenvalue weighted by Gasteiger charge is -2.37. The number of carboxylic acids is 1. The minimum atomic E-state index is -0.978. The number of hydrogen-bond donors (Lipinski definition) is 1. The van der Waals surface area contributed by atoms with E-state index >= 15 is 0 Å². The average Bonchev–Trinajstić information content (AvgIpc) is 2.54. The van der Waals surface area contributed by atoms with Crippen LogP contribution in [-0.4, -0.2) is 47.2 Å². The number of morpholine rings is 1. The number of carbonyl (C=O) groups is 2. The summed E-state index contributed by atoms with van der Waals surface area (Å²) in [6, 6.07) is 0. The topological polar surface area (TPSA) is 66.8 Å². The number of carboxylic acid groups (broad SMARTS) is 1. The molecule has 3 atom stereocenters. The van der Waals surface area contributed by atoms with Crippen molar-refractivity contribution in [1.29, 1.82) is 0 Å². The maximum absolute atomic E-state index is 13.0. The molecule has 132 valence electrons. The van der Waals surface area contributed by atoms with Gasteiger partial charge < -0.3 is 14.7 Å². The number of hydrogen-bond acceptors (Lipinski definition) is 3. The third-order valence-electron chi connectivity index (χ3n) is 5.18. The minimum Gasteiger partial charge on any atom is -0.479 e. The van der Waals surface area contributed by atoms with Crippen LogP contribution in [0.1, 0.15) is 65.2 Å². The Balaban J connectivity index is 1.99. The smallest absolute Gasteiger partial charge is 0.334 e. The molecular formula is C18H31NO4. The Morgan fingerprint density at radius 1 is 1.22 bits per heavy atom. The molecule has 0 aromatic heterocycles. The van der Waals surface area contributed by atoms with Crippen LogP contribution in [0.4, 0.5) is 0 Å². The van der Waals surface area contributed by atoms with Gasteiger partial charge in [-0.1, -0.05) is 45.4 Å². The number of carbonyl (C=O) groups excluding carboxylic acids is 1. The van der Waals surface area contributed by atoms with Crippen molar-refractivity contribution in [3.8, 4) is 0 Å². The first-order chi connectivity index (χ1) is 11.0. The van der Waals surface area contributed by atoms with Gasteiger partial charge in [-0.15, -0.1) is 0 Å². The van der Waals surface area contributed by atoms with Gasteiger partial charge in [0, 0.05) is 12.5 Å². The van der Waals surface area contributed by atoms with Crippen LogP contribution in [0, 0.1) is 11.8 Å². The number of aliphatic carboxylic acids is 1. The summed E-state index contributed by atoms with van der Waals surface area (Å²) >= 11 is 0. The molecule has 1 N–H and O–H groups in total. The van der Waals surface area contributed by atoms with Gasteiger partial charge in [0.05, 0.1) is 12.6 Å². The summed E-state index contributed by atoms with van der Waals surface area (Å²) in [5.74, 6) is -0.131. The van der Waals surface area contributed by atoms with E-state index < -0.39 is 12.1 Å². The second-order valence-corrected chi connectivity index (χ2v) is 7.24. The second-order valence-electron chi connectivity index (χ2n) is 7.24. The molecule has 2 fully saturated rings. The second kappa shape index (κ2) is 8.67. The van der Waals surface area contributed by atoms with Crippen LogP contribution in [0.3, 0.4) is 0 Å². The van der Waals surface area contributed by atoms with Gasteiger partial charge in [-0.05, 0) is 25.7 Å². The van der Waals surface area contributed by atoms with Crippen molar-refractivity contribution in [2.45, 2.75) is 77.4 Å². The van der Waals surface area contributed by atoms with Gasteiger partial charge in [-0.3, -0.25) is 4.79 Å². The van der Waals surface area contributed by atoms with Gasteiger partial charge in [0.25, 0.3) is 0 Å². The highest BCUT2D eigenvalue weighted by molar-refractivity contribution is 5.80. The quantitative estimate of drug-likeness (QED) is 0.815. The van der Waals surface area contributed by atoms with Crippen molar-refractivity contribution < 1.29 is 19.4 Å². The van der Waals surface area contributed by atoms with Crippen molar-refractivity contribution in [2.24, 2.45) is 11.8 Å². The Bertz CT molecular complexity index is 406. The Kier molecular flexibility index (Phi) is 6.88. The van der Waals surface area contributed by atoms with Gasteiger partial charge in [-0.2, -0.15) is 0 Å². The summed E-state index contributed by atoms with van der Waals surface area (Å²) in [5.41, 5.74) is 0. The molecule has 0 aromatic rings. The molecule has 0 aromatic carbocycles. The van der Waals surface area contributed by atoms with Crippen molar-refractivity contribution in [2.75, 3.05) is 13.1 Å². The highest BCUT2D eigenvalue weighted by Crippen LogP contribution is 2.31. The standard InChI is InChI=1S/C18H31NO4/c1-3-7-15(10-14-8-5-4-6-9-14)17(20)19-11-13(2)23-16(12-19)18(21)22/h13-16H,3-12H2,1-2H3,(H,21,22)/t13-,15?,16?/m1/s1. The third-order valence-corrected chi connectivity index (χ3v) is 5.18. The lowest BCUT2D eigenvalue weighted by Crippen LogP contribution is -2.53. The SMILES string of the molecule is CCCC(CC1CCCCC1)C(=O)N1CC(C(=O)O)O[C@H](C)C1. The molecule has 5 nitrogen and oxygen atoms in total. The molecule has 2 aliphatic rings. The van der Waals surface area contributed by atoms with Crippen LogP contribution in [-0.2, 0) is 14.3 Å². The van der Waals surface area contributed by atoms with Crippen molar-refractivity contribution in [3.63, 3.8) is 0 Å². The van der Waals surface area contributed by atoms with Gasteiger partial charge in [0.1, 0.15) is 0 Å². The summed E-state index contributed by atoms with van der Waals surface area (Å²) in [4.78, 5) is 25.9. The summed E-state index contributed by atoms with van der Waals surface area (Å²) in [6.45, 7) is 4.64. The number of amides is 1. The molecular weight excluding hydrogens is 294 g/mol. The Hall–Kier alpha value is -1.10. The van der Waals surface area contributed by atoms with Gasteiger partial charge >= 0.3 is 5.97 Å². The van der Waals surface area contributed by atoms with Gasteiger partial charge in [0.2, 0.25) is 5.91 Å². The van der Waals surface area contributed by atoms with Gasteiger partial charge in [-0.25, -0.2) is 4.79 Å². The Morgan fingerprint density at radius 2 is 1.91 bits per heavy atom. The third kappa shape index (κ3) is 5.20. The summed E-state index contributed by atoms with van der Waals surface area (Å²) < 4.78 is 5.42. The number of ether oxygens (including phenoxy) is 1. The molecule has 2 unspecified atom stereocenters. The van der Waals surface area contributed by atoms with E-state index in [2.05, 4.69) is 6.92 Å². The van der Waals surface area contributed by atoms with Crippen LogP contribution in [0.2, 0.25) is 0 Å². The first kappa shape index (κ1) is 18.2. The fraction of sp³-hybridized carbons (Fsp3) is 0.889. The van der Waals surface area contributed by atoms with Gasteiger partial charge in [0.15, 0.2) is 6.10 Å². The van der Waals surface area contributed by atoms with Crippen LogP contribution >= 0.6 is 0 Å². The number of nitrogens with zero attached hydrogens (tertiary/aromatic N) is 1. The molecule has 1 aliphatic heterocycles. The highest BCUT2D eigenvalue weighted by Gasteiger charge is 2.35.